The Kier molecular flexibility index (Phi) is 12.8. The fourth-order valence-corrected chi connectivity index (χ4v) is 2.94. The molecule has 0 aliphatic carbocycles. The Labute approximate surface area is 118 Å². The van der Waals surface area contributed by atoms with E-state index in [1.807, 2.05) is 0 Å². The number of aliphatic carboxylic acids is 2. The Morgan fingerprint density at radius 3 is 1.47 bits per heavy atom. The Morgan fingerprint density at radius 2 is 1.24 bits per heavy atom. The number of hydrogen-bond donors (Lipinski definition) is 4. The third-order valence-electron chi connectivity index (χ3n) is 1.74. The number of carbonyl (C=O) groups is 2. The van der Waals surface area contributed by atoms with Gasteiger partial charge in [-0.2, -0.15) is 0 Å². The molecule has 0 aromatic carbocycles. The summed E-state index contributed by atoms with van der Waals surface area (Å²) in [5, 5.41) is 17.0. The first-order valence-electron chi connectivity index (χ1n) is 4.66. The monoisotopic (exact) mass is 350 g/mol. The van der Waals surface area contributed by atoms with Crippen molar-refractivity contribution in [3.63, 3.8) is 0 Å². The van der Waals surface area contributed by atoms with E-state index in [0.717, 1.165) is 0 Å². The van der Waals surface area contributed by atoms with Gasteiger partial charge in [-0.3, -0.25) is 9.59 Å². The first-order valence-corrected chi connectivity index (χ1v) is 7.15. The van der Waals surface area contributed by atoms with Gasteiger partial charge in [0.1, 0.15) is 12.1 Å². The number of carboxylic acids is 2. The van der Waals surface area contributed by atoms with Crippen LogP contribution in [0.15, 0.2) is 0 Å². The summed E-state index contributed by atoms with van der Waals surface area (Å²) in [6, 6.07) is -1.65. The molecule has 17 heavy (non-hydrogen) atoms. The Hall–Kier alpha value is 0.0795. The van der Waals surface area contributed by atoms with E-state index >= 15 is 0 Å². The summed E-state index contributed by atoms with van der Waals surface area (Å²) >= 11 is 0. The number of rotatable bonds is 9. The van der Waals surface area contributed by atoms with Gasteiger partial charge >= 0.3 is 29.0 Å². The number of carboxylic acid groups (broad SMARTS) is 2. The quantitative estimate of drug-likeness (QED) is 0.239. The predicted molar refractivity (Wildman–Crippen MR) is 73.9 cm³/mol. The van der Waals surface area contributed by atoms with Crippen molar-refractivity contribution in [3.05, 3.63) is 0 Å². The Bertz CT molecular complexity index is 222. The molecular formula is C8H18N2O4S2Se. The number of nitrogens with two attached hydrogens (primary N) is 2. The molecule has 102 valence electrons. The fourth-order valence-electron chi connectivity index (χ4n) is 0.715. The number of hydrogen-bond acceptors (Lipinski definition) is 6. The zero-order valence-electron chi connectivity index (χ0n) is 9.17. The van der Waals surface area contributed by atoms with Crippen LogP contribution in [-0.4, -0.2) is 62.8 Å². The van der Waals surface area contributed by atoms with Gasteiger partial charge in [0.25, 0.3) is 0 Å². The Balaban J connectivity index is 0. The molecule has 0 saturated heterocycles. The molecule has 6 nitrogen and oxygen atoms in total. The summed E-state index contributed by atoms with van der Waals surface area (Å²) in [5.74, 6) is -0.752. The van der Waals surface area contributed by atoms with E-state index in [2.05, 4.69) is 0 Å². The van der Waals surface area contributed by atoms with Gasteiger partial charge in [-0.1, -0.05) is 21.6 Å². The van der Waals surface area contributed by atoms with Crippen LogP contribution in [-0.2, 0) is 9.59 Å². The normalized spacial score (nSPS) is 13.5. The summed E-state index contributed by atoms with van der Waals surface area (Å²) in [5.41, 5.74) is 10.6. The van der Waals surface area contributed by atoms with E-state index in [1.165, 1.54) is 21.6 Å². The van der Waals surface area contributed by atoms with Crippen LogP contribution < -0.4 is 11.5 Å². The van der Waals surface area contributed by atoms with Crippen LogP contribution in [0.5, 0.6) is 0 Å². The van der Waals surface area contributed by atoms with Crippen LogP contribution in [0.3, 0.4) is 0 Å². The van der Waals surface area contributed by atoms with E-state index < -0.39 is 24.0 Å². The van der Waals surface area contributed by atoms with Gasteiger partial charge in [0, 0.05) is 11.5 Å². The molecule has 9 heteroatoms. The van der Waals surface area contributed by atoms with Gasteiger partial charge in [-0.15, -0.1) is 0 Å². The molecule has 0 aliphatic heterocycles. The summed E-state index contributed by atoms with van der Waals surface area (Å²) < 4.78 is 0. The molecule has 0 heterocycles. The van der Waals surface area contributed by atoms with E-state index in [0.29, 0.717) is 24.3 Å². The molecule has 0 amide bonds. The van der Waals surface area contributed by atoms with Crippen LogP contribution in [0.25, 0.3) is 0 Å². The molecule has 0 spiro atoms. The molecular weight excluding hydrogens is 331 g/mol. The average Bonchev–Trinajstić information content (AvgIpc) is 2.21. The molecule has 2 atom stereocenters. The molecule has 0 rings (SSSR count). The standard InChI is InChI=1S/C8H16N2O4S2.H2Se/c9-5(7(11)12)1-3-15-16-4-2-6(10)8(13)14;/h5-6H,1-4,9-10H2,(H,11,12)(H,13,14);1H2. The molecule has 6 N–H and O–H groups in total. The van der Waals surface area contributed by atoms with Crippen molar-refractivity contribution in [2.24, 2.45) is 11.5 Å². The molecule has 0 fully saturated rings. The SMILES string of the molecule is NC(CCSSCCC(N)C(=O)O)C(=O)O.[SeH2]. The minimum atomic E-state index is -1.00. The summed E-state index contributed by atoms with van der Waals surface area (Å²) in [6.45, 7) is 0. The van der Waals surface area contributed by atoms with Crippen LogP contribution in [0.4, 0.5) is 0 Å². The van der Waals surface area contributed by atoms with Crippen LogP contribution in [0.2, 0.25) is 0 Å². The van der Waals surface area contributed by atoms with Crippen molar-refractivity contribution in [2.45, 2.75) is 24.9 Å². The van der Waals surface area contributed by atoms with Crippen molar-refractivity contribution in [1.82, 2.24) is 0 Å². The second-order valence-electron chi connectivity index (χ2n) is 3.11. The maximum absolute atomic E-state index is 10.4. The van der Waals surface area contributed by atoms with Gasteiger partial charge in [0.2, 0.25) is 0 Å². The first kappa shape index (κ1) is 19.4. The summed E-state index contributed by atoms with van der Waals surface area (Å²) in [4.78, 5) is 20.7. The van der Waals surface area contributed by atoms with E-state index in [-0.39, 0.29) is 17.1 Å². The van der Waals surface area contributed by atoms with Gasteiger partial charge in [0.15, 0.2) is 0 Å². The second-order valence-corrected chi connectivity index (χ2v) is 5.81. The van der Waals surface area contributed by atoms with Gasteiger partial charge in [-0.05, 0) is 12.8 Å². The third kappa shape index (κ3) is 10.9. The Morgan fingerprint density at radius 1 is 0.941 bits per heavy atom. The zero-order chi connectivity index (χ0) is 12.6. The van der Waals surface area contributed by atoms with Gasteiger partial charge < -0.3 is 21.7 Å². The maximum atomic E-state index is 10.4. The zero-order valence-corrected chi connectivity index (χ0v) is 12.9. The molecule has 0 aromatic rings. The molecule has 0 saturated carbocycles. The summed E-state index contributed by atoms with van der Waals surface area (Å²) in [6.07, 6.45) is 0.802. The fraction of sp³-hybridized carbons (Fsp3) is 0.750. The second kappa shape index (κ2) is 11.2. The average molecular weight is 349 g/mol. The molecule has 0 aromatic heterocycles. The first-order chi connectivity index (χ1) is 7.45. The van der Waals surface area contributed by atoms with Crippen LogP contribution in [0, 0.1) is 0 Å². The summed E-state index contributed by atoms with van der Waals surface area (Å²) in [7, 11) is 2.96. The van der Waals surface area contributed by atoms with Crippen molar-refractivity contribution in [3.8, 4) is 0 Å². The predicted octanol–water partition coefficient (Wildman–Crippen LogP) is -0.944. The van der Waals surface area contributed by atoms with Crippen molar-refractivity contribution in [2.75, 3.05) is 11.5 Å². The van der Waals surface area contributed by atoms with Crippen LogP contribution >= 0.6 is 21.6 Å². The topological polar surface area (TPSA) is 127 Å². The molecule has 0 bridgehead atoms. The van der Waals surface area contributed by atoms with Crippen molar-refractivity contribution in [1.29, 1.82) is 0 Å². The van der Waals surface area contributed by atoms with Crippen molar-refractivity contribution < 1.29 is 19.8 Å². The van der Waals surface area contributed by atoms with Crippen molar-refractivity contribution >= 4 is 50.6 Å². The third-order valence-corrected chi connectivity index (χ3v) is 4.21. The van der Waals surface area contributed by atoms with Gasteiger partial charge in [-0.25, -0.2) is 0 Å². The molecule has 0 aliphatic rings. The van der Waals surface area contributed by atoms with E-state index in [9.17, 15) is 9.59 Å². The van der Waals surface area contributed by atoms with E-state index in [4.69, 9.17) is 21.7 Å². The van der Waals surface area contributed by atoms with Crippen LogP contribution in [0.1, 0.15) is 12.8 Å². The van der Waals surface area contributed by atoms with E-state index in [1.54, 1.807) is 0 Å². The molecule has 2 unspecified atom stereocenters. The van der Waals surface area contributed by atoms with Gasteiger partial charge in [0.05, 0.1) is 0 Å². The minimum absolute atomic E-state index is 0. The molecule has 0 radical (unpaired) electrons.